The van der Waals surface area contributed by atoms with Crippen molar-refractivity contribution < 1.29 is 4.74 Å². The van der Waals surface area contributed by atoms with Gasteiger partial charge in [0, 0.05) is 22.8 Å². The van der Waals surface area contributed by atoms with E-state index in [4.69, 9.17) is 16.3 Å². The zero-order valence-electron chi connectivity index (χ0n) is 12.2. The molecule has 0 aliphatic carbocycles. The van der Waals surface area contributed by atoms with Crippen molar-refractivity contribution in [3.63, 3.8) is 0 Å². The summed E-state index contributed by atoms with van der Waals surface area (Å²) in [6.45, 7) is 6.65. The molecule has 0 unspecified atom stereocenters. The quantitative estimate of drug-likeness (QED) is 0.917. The van der Waals surface area contributed by atoms with Crippen molar-refractivity contribution in [2.24, 2.45) is 0 Å². The third kappa shape index (κ3) is 3.30. The van der Waals surface area contributed by atoms with Crippen molar-refractivity contribution in [3.8, 4) is 11.6 Å². The number of benzene rings is 1. The number of halogens is 1. The van der Waals surface area contributed by atoms with Crippen LogP contribution >= 0.6 is 11.6 Å². The van der Waals surface area contributed by atoms with Gasteiger partial charge in [-0.15, -0.1) is 0 Å². The first-order chi connectivity index (χ1) is 9.51. The van der Waals surface area contributed by atoms with Crippen molar-refractivity contribution in [2.45, 2.75) is 27.3 Å². The van der Waals surface area contributed by atoms with E-state index in [9.17, 15) is 0 Å². The van der Waals surface area contributed by atoms with Crippen LogP contribution in [-0.2, 0) is 6.54 Å². The summed E-state index contributed by atoms with van der Waals surface area (Å²) in [4.78, 5) is 4.50. The Balaban J connectivity index is 2.41. The van der Waals surface area contributed by atoms with Gasteiger partial charge in [0.25, 0.3) is 0 Å². The monoisotopic (exact) mass is 290 g/mol. The Kier molecular flexibility index (Phi) is 4.63. The molecule has 0 saturated heterocycles. The first kappa shape index (κ1) is 14.8. The molecule has 3 nitrogen and oxygen atoms in total. The van der Waals surface area contributed by atoms with E-state index < -0.39 is 0 Å². The predicted octanol–water partition coefficient (Wildman–Crippen LogP) is 4.17. The summed E-state index contributed by atoms with van der Waals surface area (Å²) in [5.41, 5.74) is 3.98. The second-order valence-corrected chi connectivity index (χ2v) is 5.35. The summed E-state index contributed by atoms with van der Waals surface area (Å²) < 4.78 is 6.05. The highest BCUT2D eigenvalue weighted by Crippen LogP contribution is 2.32. The second-order valence-electron chi connectivity index (χ2n) is 4.92. The van der Waals surface area contributed by atoms with Gasteiger partial charge in [0.1, 0.15) is 5.75 Å². The Morgan fingerprint density at radius 1 is 1.15 bits per heavy atom. The maximum Gasteiger partial charge on any atom is 0.223 e. The summed E-state index contributed by atoms with van der Waals surface area (Å²) in [6.07, 6.45) is 0. The van der Waals surface area contributed by atoms with E-state index in [-0.39, 0.29) is 0 Å². The number of aryl methyl sites for hydroxylation is 3. The maximum absolute atomic E-state index is 6.05. The molecule has 0 spiro atoms. The van der Waals surface area contributed by atoms with Gasteiger partial charge in [-0.25, -0.2) is 4.98 Å². The highest BCUT2D eigenvalue weighted by molar-refractivity contribution is 6.30. The molecular formula is C16H19ClN2O. The molecule has 1 heterocycles. The van der Waals surface area contributed by atoms with Gasteiger partial charge in [-0.05, 0) is 57.1 Å². The minimum atomic E-state index is 0.646. The van der Waals surface area contributed by atoms with E-state index in [1.165, 1.54) is 0 Å². The minimum absolute atomic E-state index is 0.646. The molecule has 0 atom stereocenters. The molecule has 1 aromatic heterocycles. The molecule has 1 N–H and O–H groups in total. The van der Waals surface area contributed by atoms with Crippen LogP contribution in [0.1, 0.15) is 22.4 Å². The Bertz CT molecular complexity index is 603. The molecule has 0 bridgehead atoms. The number of hydrogen-bond donors (Lipinski definition) is 1. The maximum atomic E-state index is 6.05. The van der Waals surface area contributed by atoms with Gasteiger partial charge in [-0.1, -0.05) is 17.7 Å². The summed E-state index contributed by atoms with van der Waals surface area (Å²) >= 11 is 6.05. The zero-order chi connectivity index (χ0) is 14.7. The number of rotatable bonds is 4. The van der Waals surface area contributed by atoms with Gasteiger partial charge in [-0.2, -0.15) is 0 Å². The minimum Gasteiger partial charge on any atom is -0.438 e. The average Bonchev–Trinajstić information content (AvgIpc) is 2.37. The van der Waals surface area contributed by atoms with E-state index in [0.717, 1.165) is 33.2 Å². The Labute approximate surface area is 124 Å². The van der Waals surface area contributed by atoms with Gasteiger partial charge in [0.2, 0.25) is 5.88 Å². The van der Waals surface area contributed by atoms with Gasteiger partial charge in [0.15, 0.2) is 0 Å². The second kappa shape index (κ2) is 6.25. The van der Waals surface area contributed by atoms with Crippen LogP contribution in [0.3, 0.4) is 0 Å². The normalized spacial score (nSPS) is 10.7. The standard InChI is InChI=1S/C16H19ClN2O/c1-10-7-14(17)8-11(2)15(10)20-16-13(9-18-4)6-5-12(3)19-16/h5-8,18H,9H2,1-4H3. The summed E-state index contributed by atoms with van der Waals surface area (Å²) in [7, 11) is 1.91. The van der Waals surface area contributed by atoms with Crippen LogP contribution in [0.5, 0.6) is 11.6 Å². The first-order valence-electron chi connectivity index (χ1n) is 6.57. The zero-order valence-corrected chi connectivity index (χ0v) is 13.0. The fraction of sp³-hybridized carbons (Fsp3) is 0.312. The molecule has 0 fully saturated rings. The number of pyridine rings is 1. The van der Waals surface area contributed by atoms with Crippen LogP contribution in [0, 0.1) is 20.8 Å². The van der Waals surface area contributed by atoms with Crippen molar-refractivity contribution in [3.05, 3.63) is 51.7 Å². The molecular weight excluding hydrogens is 272 g/mol. The number of hydrogen-bond acceptors (Lipinski definition) is 3. The number of nitrogens with zero attached hydrogens (tertiary/aromatic N) is 1. The third-order valence-corrected chi connectivity index (χ3v) is 3.29. The topological polar surface area (TPSA) is 34.2 Å². The molecule has 106 valence electrons. The smallest absolute Gasteiger partial charge is 0.223 e. The van der Waals surface area contributed by atoms with Crippen LogP contribution in [-0.4, -0.2) is 12.0 Å². The lowest BCUT2D eigenvalue weighted by Crippen LogP contribution is -2.08. The molecule has 1 aromatic carbocycles. The molecule has 0 radical (unpaired) electrons. The average molecular weight is 291 g/mol. The van der Waals surface area contributed by atoms with Gasteiger partial charge in [-0.3, -0.25) is 0 Å². The van der Waals surface area contributed by atoms with Gasteiger partial charge in [0.05, 0.1) is 0 Å². The summed E-state index contributed by atoms with van der Waals surface area (Å²) in [5, 5.41) is 3.85. The fourth-order valence-electron chi connectivity index (χ4n) is 2.13. The largest absolute Gasteiger partial charge is 0.438 e. The Morgan fingerprint density at radius 3 is 2.40 bits per heavy atom. The van der Waals surface area contributed by atoms with Crippen LogP contribution in [0.4, 0.5) is 0 Å². The summed E-state index contributed by atoms with van der Waals surface area (Å²) in [5.74, 6) is 1.47. The summed E-state index contributed by atoms with van der Waals surface area (Å²) in [6, 6.07) is 7.82. The van der Waals surface area contributed by atoms with E-state index in [2.05, 4.69) is 10.3 Å². The lowest BCUT2D eigenvalue weighted by Gasteiger charge is -2.14. The van der Waals surface area contributed by atoms with Crippen LogP contribution < -0.4 is 10.1 Å². The molecule has 0 amide bonds. The predicted molar refractivity (Wildman–Crippen MR) is 82.7 cm³/mol. The molecule has 2 rings (SSSR count). The molecule has 0 aliphatic rings. The molecule has 20 heavy (non-hydrogen) atoms. The van der Waals surface area contributed by atoms with Crippen molar-refractivity contribution >= 4 is 11.6 Å². The van der Waals surface area contributed by atoms with E-state index in [1.807, 2.05) is 52.1 Å². The molecule has 2 aromatic rings. The highest BCUT2D eigenvalue weighted by Gasteiger charge is 2.11. The Morgan fingerprint density at radius 2 is 1.80 bits per heavy atom. The van der Waals surface area contributed by atoms with E-state index in [0.29, 0.717) is 12.4 Å². The van der Waals surface area contributed by atoms with Gasteiger partial charge < -0.3 is 10.1 Å². The first-order valence-corrected chi connectivity index (χ1v) is 6.94. The number of aromatic nitrogens is 1. The van der Waals surface area contributed by atoms with Crippen molar-refractivity contribution in [1.29, 1.82) is 0 Å². The lowest BCUT2D eigenvalue weighted by molar-refractivity contribution is 0.446. The molecule has 4 heteroatoms. The molecule has 0 saturated carbocycles. The van der Waals surface area contributed by atoms with Crippen LogP contribution in [0.15, 0.2) is 24.3 Å². The highest BCUT2D eigenvalue weighted by atomic mass is 35.5. The van der Waals surface area contributed by atoms with Crippen LogP contribution in [0.25, 0.3) is 0 Å². The van der Waals surface area contributed by atoms with E-state index in [1.54, 1.807) is 0 Å². The number of ether oxygens (including phenoxy) is 1. The SMILES string of the molecule is CNCc1ccc(C)nc1Oc1c(C)cc(Cl)cc1C. The van der Waals surface area contributed by atoms with Crippen LogP contribution in [0.2, 0.25) is 5.02 Å². The fourth-order valence-corrected chi connectivity index (χ4v) is 2.46. The Hall–Kier alpha value is -1.58. The van der Waals surface area contributed by atoms with E-state index >= 15 is 0 Å². The molecule has 0 aliphatic heterocycles. The van der Waals surface area contributed by atoms with Gasteiger partial charge >= 0.3 is 0 Å². The lowest BCUT2D eigenvalue weighted by atomic mass is 10.1. The van der Waals surface area contributed by atoms with Crippen molar-refractivity contribution in [1.82, 2.24) is 10.3 Å². The van der Waals surface area contributed by atoms with Crippen molar-refractivity contribution in [2.75, 3.05) is 7.05 Å². The third-order valence-electron chi connectivity index (χ3n) is 3.07. The number of nitrogens with one attached hydrogen (secondary N) is 1.